The van der Waals surface area contributed by atoms with Crippen LogP contribution >= 0.6 is 21.6 Å². The Kier molecular flexibility index (Phi) is 7.26. The van der Waals surface area contributed by atoms with Crippen LogP contribution in [0.3, 0.4) is 0 Å². The Bertz CT molecular complexity index is 30.0. The van der Waals surface area contributed by atoms with Crippen LogP contribution in [0.5, 0.6) is 0 Å². The van der Waals surface area contributed by atoms with Gasteiger partial charge in [-0.1, -0.05) is 28.0 Å². The molecule has 0 nitrogen and oxygen atoms in total. The van der Waals surface area contributed by atoms with Gasteiger partial charge in [-0.15, -0.1) is 0 Å². The molecule has 0 aromatic carbocycles. The molecule has 0 saturated carbocycles. The largest absolute Gasteiger partial charge is 0.0942 e. The third-order valence-corrected chi connectivity index (χ3v) is 3.62. The van der Waals surface area contributed by atoms with E-state index < -0.39 is 0 Å². The summed E-state index contributed by atoms with van der Waals surface area (Å²) >= 11 is 0. The molecule has 3 heteroatoms. The topological polar surface area (TPSA) is 0 Å². The van der Waals surface area contributed by atoms with Crippen molar-refractivity contribution < 1.29 is 16.5 Å². The van der Waals surface area contributed by atoms with Crippen LogP contribution in [0.25, 0.3) is 0 Å². The average Bonchev–Trinajstić information content (AvgIpc) is 1.90. The second-order valence-electron chi connectivity index (χ2n) is 1.70. The van der Waals surface area contributed by atoms with E-state index in [-0.39, 0.29) is 16.5 Å². The van der Waals surface area contributed by atoms with Gasteiger partial charge in [-0.25, -0.2) is 0 Å². The Morgan fingerprint density at radius 2 is 1.25 bits per heavy atom. The Balaban J connectivity index is 0.000000490. The summed E-state index contributed by atoms with van der Waals surface area (Å²) in [6.45, 7) is 0. The first kappa shape index (κ1) is 9.19. The molecule has 0 aromatic rings. The standard InChI is InChI=1S/C5H10S2.Ni/c1-2-4-6-7-5-3-1;/h1-5H2;. The van der Waals surface area contributed by atoms with Crippen molar-refractivity contribution in [1.82, 2.24) is 0 Å². The van der Waals surface area contributed by atoms with Crippen LogP contribution in [0.1, 0.15) is 19.3 Å². The minimum absolute atomic E-state index is 0. The molecule has 0 spiro atoms. The summed E-state index contributed by atoms with van der Waals surface area (Å²) in [4.78, 5) is 0. The molecule has 52 valence electrons. The van der Waals surface area contributed by atoms with Crippen molar-refractivity contribution in [2.45, 2.75) is 19.3 Å². The van der Waals surface area contributed by atoms with Crippen molar-refractivity contribution in [3.63, 3.8) is 0 Å². The predicted octanol–water partition coefficient (Wildman–Crippen LogP) is 2.55. The normalized spacial score (nSPS) is 21.0. The summed E-state index contributed by atoms with van der Waals surface area (Å²) in [5.74, 6) is 2.76. The zero-order valence-electron chi connectivity index (χ0n) is 4.67. The van der Waals surface area contributed by atoms with E-state index in [4.69, 9.17) is 0 Å². The molecule has 1 saturated heterocycles. The molecule has 8 heavy (non-hydrogen) atoms. The molecular formula is C5H10NiS2. The van der Waals surface area contributed by atoms with Crippen molar-refractivity contribution >= 4 is 21.6 Å². The molecular weight excluding hydrogens is 183 g/mol. The van der Waals surface area contributed by atoms with E-state index in [2.05, 4.69) is 0 Å². The molecule has 0 atom stereocenters. The molecule has 1 heterocycles. The van der Waals surface area contributed by atoms with Crippen LogP contribution in [0.2, 0.25) is 0 Å². The Labute approximate surface area is 68.9 Å². The van der Waals surface area contributed by atoms with E-state index >= 15 is 0 Å². The summed E-state index contributed by atoms with van der Waals surface area (Å²) in [5, 5.41) is 0. The summed E-state index contributed by atoms with van der Waals surface area (Å²) in [5.41, 5.74) is 0. The van der Waals surface area contributed by atoms with Gasteiger partial charge in [0.15, 0.2) is 0 Å². The summed E-state index contributed by atoms with van der Waals surface area (Å²) < 4.78 is 0. The van der Waals surface area contributed by atoms with Crippen LogP contribution in [-0.2, 0) is 16.5 Å². The van der Waals surface area contributed by atoms with E-state index in [9.17, 15) is 0 Å². The molecule has 0 unspecified atom stereocenters. The second kappa shape index (κ2) is 6.32. The van der Waals surface area contributed by atoms with Crippen molar-refractivity contribution in [2.75, 3.05) is 11.5 Å². The van der Waals surface area contributed by atoms with Gasteiger partial charge >= 0.3 is 0 Å². The van der Waals surface area contributed by atoms with Gasteiger partial charge < -0.3 is 0 Å². The van der Waals surface area contributed by atoms with Crippen LogP contribution in [-0.4, -0.2) is 11.5 Å². The SMILES string of the molecule is C1CCSSCC1.[Ni]. The second-order valence-corrected chi connectivity index (χ2v) is 4.41. The fraction of sp³-hybridized carbons (Fsp3) is 1.00. The average molecular weight is 193 g/mol. The van der Waals surface area contributed by atoms with Crippen molar-refractivity contribution in [3.8, 4) is 0 Å². The van der Waals surface area contributed by atoms with Gasteiger partial charge in [0.1, 0.15) is 0 Å². The molecule has 0 bridgehead atoms. The molecule has 0 aromatic heterocycles. The van der Waals surface area contributed by atoms with Crippen molar-refractivity contribution in [1.29, 1.82) is 0 Å². The number of hydrogen-bond donors (Lipinski definition) is 0. The van der Waals surface area contributed by atoms with Crippen LogP contribution < -0.4 is 0 Å². The fourth-order valence-electron chi connectivity index (χ4n) is 0.617. The number of rotatable bonds is 0. The maximum atomic E-state index is 2.03. The van der Waals surface area contributed by atoms with E-state index in [1.165, 1.54) is 30.8 Å². The molecule has 0 N–H and O–H groups in total. The predicted molar refractivity (Wildman–Crippen MR) is 38.8 cm³/mol. The zero-order chi connectivity index (χ0) is 4.95. The summed E-state index contributed by atoms with van der Waals surface area (Å²) in [7, 11) is 4.06. The van der Waals surface area contributed by atoms with Gasteiger partial charge in [0.05, 0.1) is 0 Å². The molecule has 1 aliphatic heterocycles. The minimum Gasteiger partial charge on any atom is -0.0942 e. The maximum absolute atomic E-state index is 2.03. The molecule has 1 fully saturated rings. The molecule has 0 radical (unpaired) electrons. The first-order chi connectivity index (χ1) is 3.50. The fourth-order valence-corrected chi connectivity index (χ4v) is 2.91. The monoisotopic (exact) mass is 192 g/mol. The van der Waals surface area contributed by atoms with Gasteiger partial charge in [0.25, 0.3) is 0 Å². The van der Waals surface area contributed by atoms with E-state index in [1.807, 2.05) is 21.6 Å². The smallest absolute Gasteiger partial charge is 0.00369 e. The third kappa shape index (κ3) is 4.11. The minimum atomic E-state index is 0. The van der Waals surface area contributed by atoms with Gasteiger partial charge in [-0.05, 0) is 12.8 Å². The maximum Gasteiger partial charge on any atom is 0.00369 e. The van der Waals surface area contributed by atoms with Crippen LogP contribution in [0.4, 0.5) is 0 Å². The molecule has 1 aliphatic rings. The quantitative estimate of drug-likeness (QED) is 0.428. The summed E-state index contributed by atoms with van der Waals surface area (Å²) in [6, 6.07) is 0. The zero-order valence-corrected chi connectivity index (χ0v) is 7.29. The van der Waals surface area contributed by atoms with E-state index in [0.717, 1.165) is 0 Å². The molecule has 1 rings (SSSR count). The van der Waals surface area contributed by atoms with Crippen LogP contribution in [0, 0.1) is 0 Å². The Morgan fingerprint density at radius 3 is 1.75 bits per heavy atom. The van der Waals surface area contributed by atoms with Gasteiger partial charge in [0, 0.05) is 28.0 Å². The van der Waals surface area contributed by atoms with E-state index in [0.29, 0.717) is 0 Å². The number of hydrogen-bond acceptors (Lipinski definition) is 2. The van der Waals surface area contributed by atoms with Gasteiger partial charge in [0.2, 0.25) is 0 Å². The van der Waals surface area contributed by atoms with Crippen LogP contribution in [0.15, 0.2) is 0 Å². The first-order valence-corrected chi connectivity index (χ1v) is 5.23. The van der Waals surface area contributed by atoms with Crippen molar-refractivity contribution in [2.24, 2.45) is 0 Å². The molecule has 0 aliphatic carbocycles. The van der Waals surface area contributed by atoms with Crippen molar-refractivity contribution in [3.05, 3.63) is 0 Å². The van der Waals surface area contributed by atoms with E-state index in [1.54, 1.807) is 0 Å². The van der Waals surface area contributed by atoms with Gasteiger partial charge in [-0.2, -0.15) is 0 Å². The summed E-state index contributed by atoms with van der Waals surface area (Å²) in [6.07, 6.45) is 4.34. The Morgan fingerprint density at radius 1 is 0.750 bits per heavy atom. The Hall–Kier alpha value is 1.19. The first-order valence-electron chi connectivity index (χ1n) is 2.74. The third-order valence-electron chi connectivity index (χ3n) is 1.04. The molecule has 0 amide bonds. The van der Waals surface area contributed by atoms with Gasteiger partial charge in [-0.3, -0.25) is 0 Å².